The van der Waals surface area contributed by atoms with Gasteiger partial charge in [0, 0.05) is 13.1 Å². The largest absolute Gasteiger partial charge is 0.490 e. The minimum absolute atomic E-state index is 0.0165. The summed E-state index contributed by atoms with van der Waals surface area (Å²) in [6, 6.07) is 3.60. The second-order valence-electron chi connectivity index (χ2n) is 8.41. The minimum Gasteiger partial charge on any atom is -0.490 e. The number of carbonyl (C=O) groups excluding carboxylic acids is 2. The molecule has 1 saturated heterocycles. The standard InChI is InChI=1S/C21H30FN3O6S/c1-2-21(28,16-7-8-17(22)18(11-16)31-13-15-5-6-15)14-23-32(29,30)10-4-3-9-25-12-19(26)24-20(25)27/h7-8,11,15,23,28H,2-6,9-10,12-14H2,1H3,(H,24,26,27). The first-order chi connectivity index (χ1) is 15.1. The molecule has 1 aromatic carbocycles. The Morgan fingerprint density at radius 3 is 2.69 bits per heavy atom. The average Bonchev–Trinajstić information content (AvgIpc) is 3.52. The van der Waals surface area contributed by atoms with Gasteiger partial charge in [-0.3, -0.25) is 10.1 Å². The lowest BCUT2D eigenvalue weighted by Crippen LogP contribution is -2.41. The van der Waals surface area contributed by atoms with Gasteiger partial charge in [-0.2, -0.15) is 0 Å². The van der Waals surface area contributed by atoms with Gasteiger partial charge >= 0.3 is 6.03 Å². The molecule has 32 heavy (non-hydrogen) atoms. The van der Waals surface area contributed by atoms with Crippen molar-refractivity contribution in [2.24, 2.45) is 5.92 Å². The van der Waals surface area contributed by atoms with Gasteiger partial charge in [0.2, 0.25) is 15.9 Å². The van der Waals surface area contributed by atoms with E-state index in [0.29, 0.717) is 24.5 Å². The molecule has 0 bridgehead atoms. The van der Waals surface area contributed by atoms with Crippen LogP contribution in [-0.4, -0.2) is 62.4 Å². The molecule has 11 heteroatoms. The zero-order valence-electron chi connectivity index (χ0n) is 18.1. The Morgan fingerprint density at radius 2 is 2.06 bits per heavy atom. The first-order valence-corrected chi connectivity index (χ1v) is 12.5. The summed E-state index contributed by atoms with van der Waals surface area (Å²) < 4.78 is 46.8. The fourth-order valence-electron chi connectivity index (χ4n) is 3.39. The Morgan fingerprint density at radius 1 is 1.31 bits per heavy atom. The smallest absolute Gasteiger partial charge is 0.324 e. The fraction of sp³-hybridized carbons (Fsp3) is 0.619. The van der Waals surface area contributed by atoms with Crippen LogP contribution in [0.2, 0.25) is 0 Å². The van der Waals surface area contributed by atoms with Crippen molar-refractivity contribution in [1.82, 2.24) is 14.9 Å². The second kappa shape index (κ2) is 10.1. The lowest BCUT2D eigenvalue weighted by Gasteiger charge is -2.28. The van der Waals surface area contributed by atoms with E-state index in [0.717, 1.165) is 12.8 Å². The Hall–Kier alpha value is -2.24. The van der Waals surface area contributed by atoms with Crippen molar-refractivity contribution < 1.29 is 32.2 Å². The maximum atomic E-state index is 14.1. The number of ether oxygens (including phenoxy) is 1. The van der Waals surface area contributed by atoms with Gasteiger partial charge in [0.1, 0.15) is 12.1 Å². The molecule has 0 spiro atoms. The van der Waals surface area contributed by atoms with Crippen molar-refractivity contribution in [3.63, 3.8) is 0 Å². The van der Waals surface area contributed by atoms with Gasteiger partial charge in [0.15, 0.2) is 11.6 Å². The predicted molar refractivity (Wildman–Crippen MR) is 115 cm³/mol. The average molecular weight is 472 g/mol. The van der Waals surface area contributed by atoms with Gasteiger partial charge in [-0.15, -0.1) is 0 Å². The molecule has 0 aromatic heterocycles. The van der Waals surface area contributed by atoms with Crippen molar-refractivity contribution in [2.75, 3.05) is 32.0 Å². The van der Waals surface area contributed by atoms with Crippen LogP contribution in [0.4, 0.5) is 9.18 Å². The number of urea groups is 1. The SMILES string of the molecule is CCC(O)(CNS(=O)(=O)CCCCN1CC(=O)NC1=O)c1ccc(F)c(OCC2CC2)c1. The molecule has 1 atom stereocenters. The quantitative estimate of drug-likeness (QED) is 0.296. The van der Waals surface area contributed by atoms with Crippen LogP contribution in [0.25, 0.3) is 0 Å². The number of aliphatic hydroxyl groups is 1. The van der Waals surface area contributed by atoms with Crippen molar-refractivity contribution in [3.8, 4) is 5.75 Å². The number of hydrogen-bond acceptors (Lipinski definition) is 6. The molecular formula is C21H30FN3O6S. The van der Waals surface area contributed by atoms with E-state index >= 15 is 0 Å². The number of carbonyl (C=O) groups is 2. The Kier molecular flexibility index (Phi) is 7.73. The number of benzene rings is 1. The molecule has 2 aliphatic rings. The molecule has 3 amide bonds. The van der Waals surface area contributed by atoms with Crippen molar-refractivity contribution in [3.05, 3.63) is 29.6 Å². The molecule has 1 aliphatic carbocycles. The van der Waals surface area contributed by atoms with Crippen LogP contribution in [0.5, 0.6) is 5.75 Å². The summed E-state index contributed by atoms with van der Waals surface area (Å²) in [6.45, 7) is 2.14. The fourth-order valence-corrected chi connectivity index (χ4v) is 4.57. The van der Waals surface area contributed by atoms with Crippen LogP contribution in [0.15, 0.2) is 18.2 Å². The van der Waals surface area contributed by atoms with Crippen molar-refractivity contribution >= 4 is 22.0 Å². The first kappa shape index (κ1) is 24.4. The third-order valence-electron chi connectivity index (χ3n) is 5.77. The third-order valence-corrected chi connectivity index (χ3v) is 7.18. The zero-order chi connectivity index (χ0) is 23.4. The Balaban J connectivity index is 1.51. The number of sulfonamides is 1. The molecule has 178 valence electrons. The molecule has 1 aliphatic heterocycles. The number of unbranched alkanes of at least 4 members (excludes halogenated alkanes) is 1. The number of rotatable bonds is 13. The Labute approximate surface area is 187 Å². The number of hydrogen-bond donors (Lipinski definition) is 3. The van der Waals surface area contributed by atoms with E-state index in [1.165, 1.54) is 23.1 Å². The summed E-state index contributed by atoms with van der Waals surface area (Å²) in [4.78, 5) is 24.0. The highest BCUT2D eigenvalue weighted by Crippen LogP contribution is 2.32. The number of amides is 3. The summed E-state index contributed by atoms with van der Waals surface area (Å²) in [5.74, 6) is -0.592. The maximum Gasteiger partial charge on any atom is 0.324 e. The van der Waals surface area contributed by atoms with E-state index in [1.54, 1.807) is 6.92 Å². The van der Waals surface area contributed by atoms with Crippen LogP contribution < -0.4 is 14.8 Å². The molecule has 1 saturated carbocycles. The van der Waals surface area contributed by atoms with E-state index in [-0.39, 0.29) is 49.9 Å². The highest BCUT2D eigenvalue weighted by Gasteiger charge is 2.31. The number of nitrogens with zero attached hydrogens (tertiary/aromatic N) is 1. The predicted octanol–water partition coefficient (Wildman–Crippen LogP) is 1.46. The number of nitrogens with one attached hydrogen (secondary N) is 2. The minimum atomic E-state index is -3.69. The Bertz CT molecular complexity index is 953. The van der Waals surface area contributed by atoms with E-state index in [9.17, 15) is 27.5 Å². The van der Waals surface area contributed by atoms with Crippen molar-refractivity contribution in [2.45, 2.75) is 44.6 Å². The van der Waals surface area contributed by atoms with Crippen LogP contribution in [0.1, 0.15) is 44.6 Å². The van der Waals surface area contributed by atoms with Crippen LogP contribution in [0, 0.1) is 11.7 Å². The molecule has 1 aromatic rings. The van der Waals surface area contributed by atoms with Gasteiger partial charge < -0.3 is 14.7 Å². The molecule has 3 N–H and O–H groups in total. The number of halogens is 1. The van der Waals surface area contributed by atoms with Gasteiger partial charge in [-0.25, -0.2) is 22.3 Å². The van der Waals surface area contributed by atoms with Crippen molar-refractivity contribution in [1.29, 1.82) is 0 Å². The summed E-state index contributed by atoms with van der Waals surface area (Å²) in [5.41, 5.74) is -1.15. The number of imide groups is 1. The van der Waals surface area contributed by atoms with Gasteiger partial charge in [0.25, 0.3) is 0 Å². The molecule has 3 rings (SSSR count). The topological polar surface area (TPSA) is 125 Å². The lowest BCUT2D eigenvalue weighted by atomic mass is 9.91. The van der Waals surface area contributed by atoms with Crippen LogP contribution >= 0.6 is 0 Å². The zero-order valence-corrected chi connectivity index (χ0v) is 18.9. The molecule has 1 heterocycles. The molecule has 9 nitrogen and oxygen atoms in total. The van der Waals surface area contributed by atoms with Gasteiger partial charge in [-0.05, 0) is 55.7 Å². The third kappa shape index (κ3) is 6.63. The summed E-state index contributed by atoms with van der Waals surface area (Å²) in [7, 11) is -3.69. The van der Waals surface area contributed by atoms with E-state index < -0.39 is 27.5 Å². The van der Waals surface area contributed by atoms with Crippen LogP contribution in [-0.2, 0) is 20.4 Å². The summed E-state index contributed by atoms with van der Waals surface area (Å²) in [5, 5.41) is 13.2. The molecule has 1 unspecified atom stereocenters. The second-order valence-corrected chi connectivity index (χ2v) is 10.3. The van der Waals surface area contributed by atoms with E-state index in [2.05, 4.69) is 10.0 Å². The summed E-state index contributed by atoms with van der Waals surface area (Å²) >= 11 is 0. The van der Waals surface area contributed by atoms with Gasteiger partial charge in [0.05, 0.1) is 12.4 Å². The van der Waals surface area contributed by atoms with E-state index in [4.69, 9.17) is 4.74 Å². The normalized spacial score (nSPS) is 18.5. The first-order valence-electron chi connectivity index (χ1n) is 10.8. The molecule has 2 fully saturated rings. The van der Waals surface area contributed by atoms with Gasteiger partial charge in [-0.1, -0.05) is 13.0 Å². The summed E-state index contributed by atoms with van der Waals surface area (Å²) in [6.07, 6.45) is 3.03. The van der Waals surface area contributed by atoms with Crippen LogP contribution in [0.3, 0.4) is 0 Å². The highest BCUT2D eigenvalue weighted by molar-refractivity contribution is 7.89. The monoisotopic (exact) mass is 471 g/mol. The maximum absolute atomic E-state index is 14.1. The lowest BCUT2D eigenvalue weighted by molar-refractivity contribution is -0.118. The molecule has 0 radical (unpaired) electrons. The van der Waals surface area contributed by atoms with E-state index in [1.807, 2.05) is 0 Å². The highest BCUT2D eigenvalue weighted by atomic mass is 32.2. The molecular weight excluding hydrogens is 441 g/mol.